The highest BCUT2D eigenvalue weighted by molar-refractivity contribution is 8.00. The fourth-order valence-electron chi connectivity index (χ4n) is 4.19. The van der Waals surface area contributed by atoms with E-state index in [0.29, 0.717) is 29.3 Å². The molecule has 2 saturated carbocycles. The first-order chi connectivity index (χ1) is 15.5. The highest BCUT2D eigenvalue weighted by atomic mass is 32.2. The number of benzene rings is 1. The Balaban J connectivity index is 1.71. The van der Waals surface area contributed by atoms with Gasteiger partial charge in [0.1, 0.15) is 0 Å². The SMILES string of the molecule is COc1cc(-c2nnc(SC(C)C(=O)NC3CC3)n2C2CCCCC2)cc(OC)c1OC. The fourth-order valence-corrected chi connectivity index (χ4v) is 5.12. The van der Waals surface area contributed by atoms with Crippen molar-refractivity contribution >= 4 is 17.7 Å². The van der Waals surface area contributed by atoms with Crippen molar-refractivity contribution in [3.8, 4) is 28.6 Å². The number of hydrogen-bond acceptors (Lipinski definition) is 7. The number of rotatable bonds is 9. The Morgan fingerprint density at radius 2 is 1.69 bits per heavy atom. The second kappa shape index (κ2) is 10.0. The molecule has 9 heteroatoms. The third-order valence-corrected chi connectivity index (χ3v) is 7.16. The van der Waals surface area contributed by atoms with Crippen LogP contribution in [0.25, 0.3) is 11.4 Å². The van der Waals surface area contributed by atoms with Crippen molar-refractivity contribution in [3.05, 3.63) is 12.1 Å². The van der Waals surface area contributed by atoms with E-state index in [1.165, 1.54) is 31.0 Å². The Hall–Kier alpha value is -2.42. The molecule has 1 atom stereocenters. The van der Waals surface area contributed by atoms with Crippen molar-refractivity contribution in [3.63, 3.8) is 0 Å². The van der Waals surface area contributed by atoms with Crippen molar-refractivity contribution in [1.29, 1.82) is 0 Å². The summed E-state index contributed by atoms with van der Waals surface area (Å²) in [6.07, 6.45) is 7.91. The largest absolute Gasteiger partial charge is 0.493 e. The third-order valence-electron chi connectivity index (χ3n) is 6.10. The minimum Gasteiger partial charge on any atom is -0.493 e. The maximum absolute atomic E-state index is 12.6. The molecule has 1 aromatic heterocycles. The zero-order chi connectivity index (χ0) is 22.7. The average Bonchev–Trinajstić information content (AvgIpc) is 3.54. The Bertz CT molecular complexity index is 928. The van der Waals surface area contributed by atoms with E-state index in [1.54, 1.807) is 21.3 Å². The minimum atomic E-state index is -0.241. The van der Waals surface area contributed by atoms with Crippen molar-refractivity contribution in [2.24, 2.45) is 0 Å². The van der Waals surface area contributed by atoms with Gasteiger partial charge in [-0.15, -0.1) is 10.2 Å². The highest BCUT2D eigenvalue weighted by Gasteiger charge is 2.30. The number of hydrogen-bond donors (Lipinski definition) is 1. The molecule has 1 heterocycles. The van der Waals surface area contributed by atoms with Gasteiger partial charge in [-0.3, -0.25) is 9.36 Å². The third kappa shape index (κ3) is 4.82. The van der Waals surface area contributed by atoms with E-state index < -0.39 is 0 Å². The van der Waals surface area contributed by atoms with Crippen LogP contribution in [-0.2, 0) is 4.79 Å². The quantitative estimate of drug-likeness (QED) is 0.560. The minimum absolute atomic E-state index is 0.0602. The molecular weight excluding hydrogens is 428 g/mol. The molecule has 2 aromatic rings. The molecule has 1 aromatic carbocycles. The molecule has 32 heavy (non-hydrogen) atoms. The van der Waals surface area contributed by atoms with Crippen molar-refractivity contribution in [1.82, 2.24) is 20.1 Å². The Morgan fingerprint density at radius 1 is 1.03 bits per heavy atom. The number of nitrogens with one attached hydrogen (secondary N) is 1. The summed E-state index contributed by atoms with van der Waals surface area (Å²) in [5, 5.41) is 12.7. The number of nitrogens with zero attached hydrogens (tertiary/aromatic N) is 3. The van der Waals surface area contributed by atoms with Crippen molar-refractivity contribution in [2.45, 2.75) is 74.4 Å². The van der Waals surface area contributed by atoms with Crippen LogP contribution in [0, 0.1) is 0 Å². The van der Waals surface area contributed by atoms with Crippen LogP contribution in [-0.4, -0.2) is 53.3 Å². The number of methoxy groups -OCH3 is 3. The number of ether oxygens (including phenoxy) is 3. The van der Waals surface area contributed by atoms with Gasteiger partial charge < -0.3 is 19.5 Å². The van der Waals surface area contributed by atoms with Crippen LogP contribution >= 0.6 is 11.8 Å². The first-order valence-corrected chi connectivity index (χ1v) is 12.2. The molecule has 1 amide bonds. The molecule has 0 radical (unpaired) electrons. The number of carbonyl (C=O) groups is 1. The number of carbonyl (C=O) groups excluding carboxylic acids is 1. The van der Waals surface area contributed by atoms with Gasteiger partial charge in [0.15, 0.2) is 22.5 Å². The summed E-state index contributed by atoms with van der Waals surface area (Å²) in [5.41, 5.74) is 0.847. The topological polar surface area (TPSA) is 87.5 Å². The van der Waals surface area contributed by atoms with Crippen LogP contribution in [0.1, 0.15) is 57.9 Å². The lowest BCUT2D eigenvalue weighted by molar-refractivity contribution is -0.120. The van der Waals surface area contributed by atoms with Gasteiger partial charge in [-0.25, -0.2) is 0 Å². The molecule has 2 aliphatic carbocycles. The Morgan fingerprint density at radius 3 is 2.25 bits per heavy atom. The molecule has 0 saturated heterocycles. The molecule has 1 unspecified atom stereocenters. The summed E-state index contributed by atoms with van der Waals surface area (Å²) in [6.45, 7) is 1.93. The fraction of sp³-hybridized carbons (Fsp3) is 0.609. The van der Waals surface area contributed by atoms with Crippen molar-refractivity contribution < 1.29 is 19.0 Å². The zero-order valence-electron chi connectivity index (χ0n) is 19.2. The van der Waals surface area contributed by atoms with Gasteiger partial charge in [0.2, 0.25) is 11.7 Å². The van der Waals surface area contributed by atoms with E-state index in [0.717, 1.165) is 42.2 Å². The van der Waals surface area contributed by atoms with E-state index in [-0.39, 0.29) is 11.2 Å². The van der Waals surface area contributed by atoms with Crippen LogP contribution in [0.5, 0.6) is 17.2 Å². The molecule has 4 rings (SSSR count). The summed E-state index contributed by atoms with van der Waals surface area (Å²) in [4.78, 5) is 12.6. The number of amides is 1. The Labute approximate surface area is 193 Å². The summed E-state index contributed by atoms with van der Waals surface area (Å²) in [5.74, 6) is 2.51. The Kier molecular flexibility index (Phi) is 7.13. The van der Waals surface area contributed by atoms with Crippen LogP contribution in [0.4, 0.5) is 0 Å². The maximum atomic E-state index is 12.6. The van der Waals surface area contributed by atoms with Gasteiger partial charge in [0.05, 0.1) is 26.6 Å². The van der Waals surface area contributed by atoms with E-state index in [1.807, 2.05) is 19.1 Å². The summed E-state index contributed by atoms with van der Waals surface area (Å²) < 4.78 is 18.8. The highest BCUT2D eigenvalue weighted by Crippen LogP contribution is 2.43. The molecule has 174 valence electrons. The first kappa shape index (κ1) is 22.8. The summed E-state index contributed by atoms with van der Waals surface area (Å²) in [7, 11) is 4.80. The van der Waals surface area contributed by atoms with Gasteiger partial charge in [-0.05, 0) is 44.7 Å². The van der Waals surface area contributed by atoms with E-state index in [2.05, 4.69) is 20.1 Å². The molecule has 8 nitrogen and oxygen atoms in total. The standard InChI is InChI=1S/C23H32N4O4S/c1-14(22(28)24-16-10-11-16)32-23-26-25-21(27(23)17-8-6-5-7-9-17)15-12-18(29-2)20(31-4)19(13-15)30-3/h12-14,16-17H,5-11H2,1-4H3,(H,24,28). The van der Waals surface area contributed by atoms with Crippen LogP contribution < -0.4 is 19.5 Å². The smallest absolute Gasteiger partial charge is 0.233 e. The molecule has 2 fully saturated rings. The van der Waals surface area contributed by atoms with Gasteiger partial charge in [-0.1, -0.05) is 31.0 Å². The second-order valence-electron chi connectivity index (χ2n) is 8.42. The van der Waals surface area contributed by atoms with Crippen LogP contribution in [0.3, 0.4) is 0 Å². The van der Waals surface area contributed by atoms with Gasteiger partial charge in [-0.2, -0.15) is 0 Å². The second-order valence-corrected chi connectivity index (χ2v) is 9.73. The monoisotopic (exact) mass is 460 g/mol. The normalized spacial score (nSPS) is 17.6. The molecule has 0 spiro atoms. The van der Waals surface area contributed by atoms with E-state index in [4.69, 9.17) is 14.2 Å². The lowest BCUT2D eigenvalue weighted by atomic mass is 9.95. The lowest BCUT2D eigenvalue weighted by Gasteiger charge is -2.26. The predicted molar refractivity (Wildman–Crippen MR) is 124 cm³/mol. The zero-order valence-corrected chi connectivity index (χ0v) is 20.0. The first-order valence-electron chi connectivity index (χ1n) is 11.3. The molecular formula is C23H32N4O4S. The summed E-state index contributed by atoms with van der Waals surface area (Å²) >= 11 is 1.47. The summed E-state index contributed by atoms with van der Waals surface area (Å²) in [6, 6.07) is 4.45. The van der Waals surface area contributed by atoms with Crippen LogP contribution in [0.2, 0.25) is 0 Å². The number of thioether (sulfide) groups is 1. The van der Waals surface area contributed by atoms with E-state index >= 15 is 0 Å². The molecule has 2 aliphatic rings. The number of aromatic nitrogens is 3. The van der Waals surface area contributed by atoms with Gasteiger partial charge >= 0.3 is 0 Å². The van der Waals surface area contributed by atoms with Crippen molar-refractivity contribution in [2.75, 3.05) is 21.3 Å². The molecule has 1 N–H and O–H groups in total. The van der Waals surface area contributed by atoms with Crippen LogP contribution in [0.15, 0.2) is 17.3 Å². The lowest BCUT2D eigenvalue weighted by Crippen LogP contribution is -2.32. The average molecular weight is 461 g/mol. The van der Waals surface area contributed by atoms with E-state index in [9.17, 15) is 4.79 Å². The van der Waals surface area contributed by atoms with Gasteiger partial charge in [0.25, 0.3) is 0 Å². The molecule has 0 bridgehead atoms. The maximum Gasteiger partial charge on any atom is 0.233 e. The predicted octanol–water partition coefficient (Wildman–Crippen LogP) is 4.24. The van der Waals surface area contributed by atoms with Gasteiger partial charge in [0, 0.05) is 17.6 Å². The molecule has 0 aliphatic heterocycles.